The van der Waals surface area contributed by atoms with Crippen molar-refractivity contribution in [3.05, 3.63) is 45.8 Å². The summed E-state index contributed by atoms with van der Waals surface area (Å²) in [5.74, 6) is 0.599. The van der Waals surface area contributed by atoms with E-state index in [1.165, 1.54) is 23.5 Å². The van der Waals surface area contributed by atoms with Gasteiger partial charge in [-0.2, -0.15) is 0 Å². The third kappa shape index (κ3) is 3.30. The van der Waals surface area contributed by atoms with Crippen molar-refractivity contribution in [1.29, 1.82) is 0 Å². The lowest BCUT2D eigenvalue weighted by molar-refractivity contribution is -0.384. The summed E-state index contributed by atoms with van der Waals surface area (Å²) in [6, 6.07) is 8.31. The number of aliphatic hydroxyl groups excluding tert-OH is 1. The van der Waals surface area contributed by atoms with Crippen molar-refractivity contribution in [1.82, 2.24) is 0 Å². The van der Waals surface area contributed by atoms with Crippen molar-refractivity contribution in [2.75, 3.05) is 13.2 Å². The number of benzene rings is 1. The van der Waals surface area contributed by atoms with Crippen LogP contribution in [-0.2, 0) is 0 Å². The molecular formula is C13H13NO4S. The van der Waals surface area contributed by atoms with Gasteiger partial charge in [0.1, 0.15) is 5.75 Å². The third-order valence-electron chi connectivity index (χ3n) is 2.52. The second kappa shape index (κ2) is 6.31. The van der Waals surface area contributed by atoms with Crippen LogP contribution in [0.3, 0.4) is 0 Å². The lowest BCUT2D eigenvalue weighted by Crippen LogP contribution is -2.01. The molecule has 1 N–H and O–H groups in total. The fraction of sp³-hybridized carbons (Fsp3) is 0.231. The minimum atomic E-state index is -0.422. The lowest BCUT2D eigenvalue weighted by Gasteiger charge is -2.09. The second-order valence-electron chi connectivity index (χ2n) is 3.84. The molecule has 0 bridgehead atoms. The first-order valence-electron chi connectivity index (χ1n) is 5.78. The number of hydrogen-bond donors (Lipinski definition) is 1. The van der Waals surface area contributed by atoms with Crippen LogP contribution in [0.25, 0.3) is 10.4 Å². The maximum absolute atomic E-state index is 10.8. The Bertz CT molecular complexity index is 554. The van der Waals surface area contributed by atoms with Crippen LogP contribution in [0.1, 0.15) is 6.42 Å². The molecule has 0 aliphatic carbocycles. The molecule has 0 amide bonds. The van der Waals surface area contributed by atoms with Crippen LogP contribution >= 0.6 is 11.3 Å². The molecular weight excluding hydrogens is 266 g/mol. The Morgan fingerprint density at radius 1 is 1.37 bits per heavy atom. The van der Waals surface area contributed by atoms with E-state index in [9.17, 15) is 10.1 Å². The zero-order valence-corrected chi connectivity index (χ0v) is 10.9. The lowest BCUT2D eigenvalue weighted by atomic mass is 10.1. The molecule has 0 aliphatic heterocycles. The van der Waals surface area contributed by atoms with Gasteiger partial charge >= 0.3 is 0 Å². The molecule has 19 heavy (non-hydrogen) atoms. The van der Waals surface area contributed by atoms with Gasteiger partial charge in [-0.3, -0.25) is 10.1 Å². The van der Waals surface area contributed by atoms with Gasteiger partial charge in [-0.25, -0.2) is 0 Å². The van der Waals surface area contributed by atoms with Gasteiger partial charge in [0, 0.05) is 35.6 Å². The maximum Gasteiger partial charge on any atom is 0.270 e. The van der Waals surface area contributed by atoms with E-state index in [1.807, 2.05) is 17.5 Å². The molecule has 0 aliphatic rings. The van der Waals surface area contributed by atoms with Crippen LogP contribution in [0, 0.1) is 10.1 Å². The van der Waals surface area contributed by atoms with Gasteiger partial charge in [-0.15, -0.1) is 11.3 Å². The average Bonchev–Trinajstić information content (AvgIpc) is 2.93. The number of hydrogen-bond acceptors (Lipinski definition) is 5. The van der Waals surface area contributed by atoms with E-state index in [1.54, 1.807) is 6.07 Å². The molecule has 0 saturated carbocycles. The quantitative estimate of drug-likeness (QED) is 0.501. The Hall–Kier alpha value is -1.92. The Balaban J connectivity index is 2.34. The number of nitrogens with zero attached hydrogens (tertiary/aromatic N) is 1. The summed E-state index contributed by atoms with van der Waals surface area (Å²) in [5.41, 5.74) is 0.750. The summed E-state index contributed by atoms with van der Waals surface area (Å²) in [7, 11) is 0. The minimum Gasteiger partial charge on any atom is -0.493 e. The summed E-state index contributed by atoms with van der Waals surface area (Å²) in [5, 5.41) is 21.5. The zero-order valence-electron chi connectivity index (χ0n) is 10.1. The van der Waals surface area contributed by atoms with Crippen LogP contribution in [0.5, 0.6) is 5.75 Å². The van der Waals surface area contributed by atoms with Gasteiger partial charge in [0.15, 0.2) is 0 Å². The molecule has 0 radical (unpaired) electrons. The smallest absolute Gasteiger partial charge is 0.270 e. The first kappa shape index (κ1) is 13.5. The van der Waals surface area contributed by atoms with Gasteiger partial charge < -0.3 is 9.84 Å². The zero-order chi connectivity index (χ0) is 13.7. The molecule has 0 saturated heterocycles. The Morgan fingerprint density at radius 3 is 2.84 bits per heavy atom. The standard InChI is InChI=1S/C13H13NO4S/c15-6-2-7-18-12-5-4-10(14(16)17)9-11(12)13-3-1-8-19-13/h1,3-5,8-9,15H,2,6-7H2. The van der Waals surface area contributed by atoms with Crippen molar-refractivity contribution >= 4 is 17.0 Å². The van der Waals surface area contributed by atoms with Crippen LogP contribution in [0.2, 0.25) is 0 Å². The maximum atomic E-state index is 10.8. The predicted molar refractivity (Wildman–Crippen MR) is 73.6 cm³/mol. The monoisotopic (exact) mass is 279 g/mol. The van der Waals surface area contributed by atoms with E-state index < -0.39 is 4.92 Å². The van der Waals surface area contributed by atoms with E-state index in [0.717, 1.165) is 4.88 Å². The summed E-state index contributed by atoms with van der Waals surface area (Å²) in [6.45, 7) is 0.438. The van der Waals surface area contributed by atoms with Crippen molar-refractivity contribution in [3.63, 3.8) is 0 Å². The number of nitro groups is 1. The van der Waals surface area contributed by atoms with E-state index in [-0.39, 0.29) is 12.3 Å². The highest BCUT2D eigenvalue weighted by Gasteiger charge is 2.14. The number of nitro benzene ring substituents is 1. The fourth-order valence-electron chi connectivity index (χ4n) is 1.63. The van der Waals surface area contributed by atoms with E-state index >= 15 is 0 Å². The summed E-state index contributed by atoms with van der Waals surface area (Å²) in [6.07, 6.45) is 0.529. The largest absolute Gasteiger partial charge is 0.493 e. The normalized spacial score (nSPS) is 10.4. The molecule has 0 spiro atoms. The van der Waals surface area contributed by atoms with Crippen molar-refractivity contribution in [3.8, 4) is 16.2 Å². The topological polar surface area (TPSA) is 72.6 Å². The molecule has 0 unspecified atom stereocenters. The number of thiophene rings is 1. The highest BCUT2D eigenvalue weighted by molar-refractivity contribution is 7.13. The third-order valence-corrected chi connectivity index (χ3v) is 3.42. The molecule has 0 fully saturated rings. The predicted octanol–water partition coefficient (Wildman–Crippen LogP) is 3.08. The molecule has 1 aromatic carbocycles. The summed E-state index contributed by atoms with van der Waals surface area (Å²) >= 11 is 1.50. The number of ether oxygens (including phenoxy) is 1. The van der Waals surface area contributed by atoms with Gasteiger partial charge in [0.2, 0.25) is 0 Å². The molecule has 5 nitrogen and oxygen atoms in total. The van der Waals surface area contributed by atoms with Crippen molar-refractivity contribution in [2.24, 2.45) is 0 Å². The molecule has 2 aromatic rings. The Kier molecular flexibility index (Phi) is 4.48. The first-order valence-corrected chi connectivity index (χ1v) is 6.66. The van der Waals surface area contributed by atoms with Crippen LogP contribution in [0.4, 0.5) is 5.69 Å². The van der Waals surface area contributed by atoms with Crippen molar-refractivity contribution in [2.45, 2.75) is 6.42 Å². The van der Waals surface area contributed by atoms with Crippen molar-refractivity contribution < 1.29 is 14.8 Å². The van der Waals surface area contributed by atoms with E-state index in [4.69, 9.17) is 9.84 Å². The SMILES string of the molecule is O=[N+]([O-])c1ccc(OCCCO)c(-c2cccs2)c1. The van der Waals surface area contributed by atoms with Crippen LogP contribution < -0.4 is 4.74 Å². The minimum absolute atomic E-state index is 0.0397. The average molecular weight is 279 g/mol. The molecule has 6 heteroatoms. The Labute approximate surface area is 114 Å². The number of aliphatic hydroxyl groups is 1. The fourth-order valence-corrected chi connectivity index (χ4v) is 2.38. The van der Waals surface area contributed by atoms with Gasteiger partial charge in [-0.1, -0.05) is 6.07 Å². The van der Waals surface area contributed by atoms with Crippen LogP contribution in [0.15, 0.2) is 35.7 Å². The van der Waals surface area contributed by atoms with Gasteiger partial charge in [-0.05, 0) is 17.5 Å². The van der Waals surface area contributed by atoms with Gasteiger partial charge in [0.25, 0.3) is 5.69 Å². The summed E-state index contributed by atoms with van der Waals surface area (Å²) in [4.78, 5) is 11.3. The number of rotatable bonds is 6. The molecule has 0 atom stereocenters. The summed E-state index contributed by atoms with van der Waals surface area (Å²) < 4.78 is 5.56. The molecule has 1 aromatic heterocycles. The number of non-ortho nitro benzene ring substituents is 1. The molecule has 100 valence electrons. The van der Waals surface area contributed by atoms with E-state index in [0.29, 0.717) is 24.3 Å². The van der Waals surface area contributed by atoms with E-state index in [2.05, 4.69) is 0 Å². The first-order chi connectivity index (χ1) is 9.22. The van der Waals surface area contributed by atoms with Gasteiger partial charge in [0.05, 0.1) is 11.5 Å². The highest BCUT2D eigenvalue weighted by Crippen LogP contribution is 2.36. The highest BCUT2D eigenvalue weighted by atomic mass is 32.1. The molecule has 1 heterocycles. The second-order valence-corrected chi connectivity index (χ2v) is 4.79. The Morgan fingerprint density at radius 2 is 2.21 bits per heavy atom. The van der Waals surface area contributed by atoms with Crippen LogP contribution in [-0.4, -0.2) is 23.2 Å². The molecule has 2 rings (SSSR count).